The van der Waals surface area contributed by atoms with Crippen molar-refractivity contribution in [3.63, 3.8) is 0 Å². The molecule has 0 aliphatic heterocycles. The van der Waals surface area contributed by atoms with Gasteiger partial charge in [0.25, 0.3) is 0 Å². The summed E-state index contributed by atoms with van der Waals surface area (Å²) in [5.41, 5.74) is 5.74. The molecular formula is C11H21NS2. The smallest absolute Gasteiger partial charge is 0.0967 e. The van der Waals surface area contributed by atoms with Gasteiger partial charge in [0, 0.05) is 4.75 Å². The summed E-state index contributed by atoms with van der Waals surface area (Å²) in [6.45, 7) is 11.3. The molecule has 0 amide bonds. The van der Waals surface area contributed by atoms with E-state index in [2.05, 4.69) is 34.6 Å². The zero-order valence-corrected chi connectivity index (χ0v) is 11.4. The Morgan fingerprint density at radius 2 is 1.79 bits per heavy atom. The highest BCUT2D eigenvalue weighted by Crippen LogP contribution is 2.37. The van der Waals surface area contributed by atoms with Gasteiger partial charge in [-0.1, -0.05) is 46.8 Å². The summed E-state index contributed by atoms with van der Waals surface area (Å²) < 4.78 is 0.236. The van der Waals surface area contributed by atoms with Crippen molar-refractivity contribution in [2.75, 3.05) is 0 Å². The second kappa shape index (κ2) is 5.17. The quantitative estimate of drug-likeness (QED) is 0.590. The van der Waals surface area contributed by atoms with Gasteiger partial charge in [0.05, 0.1) is 4.99 Å². The van der Waals surface area contributed by atoms with Crippen LogP contribution in [0.15, 0.2) is 11.5 Å². The Morgan fingerprint density at radius 1 is 1.29 bits per heavy atom. The van der Waals surface area contributed by atoms with Gasteiger partial charge >= 0.3 is 0 Å². The predicted octanol–water partition coefficient (Wildman–Crippen LogP) is 3.73. The number of thiocarbonyl (C=S) groups is 1. The van der Waals surface area contributed by atoms with E-state index in [0.29, 0.717) is 10.4 Å². The Morgan fingerprint density at radius 3 is 2.14 bits per heavy atom. The summed E-state index contributed by atoms with van der Waals surface area (Å²) in [6, 6.07) is 0. The van der Waals surface area contributed by atoms with E-state index in [1.165, 1.54) is 0 Å². The molecule has 0 spiro atoms. The summed E-state index contributed by atoms with van der Waals surface area (Å²) in [7, 11) is 0. The first-order chi connectivity index (χ1) is 6.12. The number of thioether (sulfide) groups is 1. The van der Waals surface area contributed by atoms with Gasteiger partial charge in [-0.15, -0.1) is 11.8 Å². The number of rotatable bonds is 4. The first kappa shape index (κ1) is 14.0. The van der Waals surface area contributed by atoms with Crippen molar-refractivity contribution < 1.29 is 0 Å². The summed E-state index contributed by atoms with van der Waals surface area (Å²) >= 11 is 6.56. The zero-order valence-electron chi connectivity index (χ0n) is 9.76. The van der Waals surface area contributed by atoms with E-state index < -0.39 is 0 Å². The van der Waals surface area contributed by atoms with Gasteiger partial charge in [-0.05, 0) is 23.3 Å². The maximum absolute atomic E-state index is 5.38. The minimum atomic E-state index is 0.236. The van der Waals surface area contributed by atoms with Crippen molar-refractivity contribution in [3.8, 4) is 0 Å². The molecule has 0 fully saturated rings. The molecule has 0 radical (unpaired) electrons. The average Bonchev–Trinajstić information content (AvgIpc) is 1.78. The minimum Gasteiger partial charge on any atom is -0.390 e. The van der Waals surface area contributed by atoms with Crippen molar-refractivity contribution in [1.82, 2.24) is 0 Å². The van der Waals surface area contributed by atoms with Crippen LogP contribution in [0.25, 0.3) is 0 Å². The Bertz CT molecular complexity index is 224. The van der Waals surface area contributed by atoms with Crippen LogP contribution < -0.4 is 5.73 Å². The summed E-state index contributed by atoms with van der Waals surface area (Å²) in [4.78, 5) is 0.448. The fourth-order valence-electron chi connectivity index (χ4n) is 1.60. The lowest BCUT2D eigenvalue weighted by atomic mass is 9.86. The monoisotopic (exact) mass is 231 g/mol. The van der Waals surface area contributed by atoms with Crippen molar-refractivity contribution in [3.05, 3.63) is 11.5 Å². The maximum atomic E-state index is 5.38. The Balaban J connectivity index is 4.14. The standard InChI is InChI=1S/C11H21NS2/c1-10(2,3)8-11(4,5)14-7-6-9(12)13/h6-7H,8H2,1-5H3,(H2,12,13). The largest absolute Gasteiger partial charge is 0.390 e. The van der Waals surface area contributed by atoms with Gasteiger partial charge in [0.15, 0.2) is 0 Å². The molecule has 0 saturated carbocycles. The minimum absolute atomic E-state index is 0.236. The van der Waals surface area contributed by atoms with E-state index >= 15 is 0 Å². The highest BCUT2D eigenvalue weighted by atomic mass is 32.2. The van der Waals surface area contributed by atoms with E-state index in [1.807, 2.05) is 5.41 Å². The molecule has 2 N–H and O–H groups in total. The Kier molecular flexibility index (Phi) is 5.16. The van der Waals surface area contributed by atoms with Crippen molar-refractivity contribution in [2.45, 2.75) is 45.8 Å². The van der Waals surface area contributed by atoms with Crippen LogP contribution in [0.4, 0.5) is 0 Å². The lowest BCUT2D eigenvalue weighted by molar-refractivity contribution is 0.340. The number of hydrogen-bond acceptors (Lipinski definition) is 2. The van der Waals surface area contributed by atoms with Crippen LogP contribution in [-0.4, -0.2) is 9.74 Å². The van der Waals surface area contributed by atoms with E-state index in [-0.39, 0.29) is 4.75 Å². The van der Waals surface area contributed by atoms with Crippen LogP contribution in [0, 0.1) is 5.41 Å². The van der Waals surface area contributed by atoms with Crippen LogP contribution in [0.2, 0.25) is 0 Å². The number of hydrogen-bond donors (Lipinski definition) is 1. The van der Waals surface area contributed by atoms with Gasteiger partial charge in [0.2, 0.25) is 0 Å². The molecule has 0 aliphatic carbocycles. The molecule has 0 aromatic heterocycles. The second-order valence-electron chi connectivity index (χ2n) is 5.32. The van der Waals surface area contributed by atoms with Crippen LogP contribution >= 0.6 is 24.0 Å². The third-order valence-corrected chi connectivity index (χ3v) is 2.77. The summed E-state index contributed by atoms with van der Waals surface area (Å²) in [5, 5.41) is 1.99. The molecule has 0 heterocycles. The van der Waals surface area contributed by atoms with Crippen molar-refractivity contribution in [2.24, 2.45) is 11.1 Å². The fraction of sp³-hybridized carbons (Fsp3) is 0.727. The lowest BCUT2D eigenvalue weighted by Gasteiger charge is -2.30. The first-order valence-electron chi connectivity index (χ1n) is 4.76. The third-order valence-electron chi connectivity index (χ3n) is 1.58. The molecule has 0 rings (SSSR count). The van der Waals surface area contributed by atoms with Crippen LogP contribution in [0.5, 0.6) is 0 Å². The molecule has 0 atom stereocenters. The van der Waals surface area contributed by atoms with Gasteiger partial charge in [-0.25, -0.2) is 0 Å². The second-order valence-corrected chi connectivity index (χ2v) is 7.40. The predicted molar refractivity (Wildman–Crippen MR) is 71.7 cm³/mol. The summed E-state index contributed by atoms with van der Waals surface area (Å²) in [6.07, 6.45) is 2.94. The zero-order chi connectivity index (χ0) is 11.4. The summed E-state index contributed by atoms with van der Waals surface area (Å²) in [5.74, 6) is 0. The maximum Gasteiger partial charge on any atom is 0.0967 e. The van der Waals surface area contributed by atoms with Crippen LogP contribution in [0.3, 0.4) is 0 Å². The fourth-order valence-corrected chi connectivity index (χ4v) is 2.86. The van der Waals surface area contributed by atoms with Gasteiger partial charge in [-0.3, -0.25) is 0 Å². The van der Waals surface area contributed by atoms with Gasteiger partial charge in [0.1, 0.15) is 0 Å². The normalized spacial score (nSPS) is 13.5. The molecule has 0 bridgehead atoms. The third kappa shape index (κ3) is 8.57. The van der Waals surface area contributed by atoms with Crippen molar-refractivity contribution >= 4 is 29.0 Å². The molecule has 1 nitrogen and oxygen atoms in total. The van der Waals surface area contributed by atoms with Gasteiger partial charge < -0.3 is 5.73 Å². The number of nitrogens with two attached hydrogens (primary N) is 1. The topological polar surface area (TPSA) is 26.0 Å². The SMILES string of the molecule is CC(C)(C)CC(C)(C)SC=CC(N)=S. The molecule has 14 heavy (non-hydrogen) atoms. The van der Waals surface area contributed by atoms with Crippen LogP contribution in [0.1, 0.15) is 41.0 Å². The Hall–Kier alpha value is -0.0200. The van der Waals surface area contributed by atoms with E-state index in [0.717, 1.165) is 6.42 Å². The molecule has 0 aliphatic rings. The highest BCUT2D eigenvalue weighted by molar-refractivity contribution is 8.03. The molecular weight excluding hydrogens is 210 g/mol. The van der Waals surface area contributed by atoms with E-state index in [9.17, 15) is 0 Å². The highest BCUT2D eigenvalue weighted by Gasteiger charge is 2.24. The molecule has 82 valence electrons. The van der Waals surface area contributed by atoms with Crippen LogP contribution in [-0.2, 0) is 0 Å². The molecule has 0 unspecified atom stereocenters. The van der Waals surface area contributed by atoms with E-state index in [4.69, 9.17) is 18.0 Å². The first-order valence-corrected chi connectivity index (χ1v) is 6.05. The average molecular weight is 231 g/mol. The van der Waals surface area contributed by atoms with Crippen molar-refractivity contribution in [1.29, 1.82) is 0 Å². The lowest BCUT2D eigenvalue weighted by Crippen LogP contribution is -2.22. The molecule has 0 saturated heterocycles. The molecule has 0 aromatic rings. The Labute approximate surface area is 97.5 Å². The molecule has 3 heteroatoms. The van der Waals surface area contributed by atoms with Gasteiger partial charge in [-0.2, -0.15) is 0 Å². The molecule has 0 aromatic carbocycles. The van der Waals surface area contributed by atoms with E-state index in [1.54, 1.807) is 17.8 Å².